The Hall–Kier alpha value is -3.00. The first kappa shape index (κ1) is 20.7. The van der Waals surface area contributed by atoms with Crippen LogP contribution < -0.4 is 10.1 Å². The second-order valence-corrected chi connectivity index (χ2v) is 6.99. The van der Waals surface area contributed by atoms with Crippen LogP contribution in [0.25, 0.3) is 0 Å². The van der Waals surface area contributed by atoms with Crippen molar-refractivity contribution >= 4 is 17.5 Å². The summed E-state index contributed by atoms with van der Waals surface area (Å²) in [6.45, 7) is 3.34. The fourth-order valence-electron chi connectivity index (χ4n) is 3.31. The van der Waals surface area contributed by atoms with E-state index in [1.807, 2.05) is 4.90 Å². The van der Waals surface area contributed by atoms with Gasteiger partial charge in [-0.2, -0.15) is 0 Å². The normalized spacial score (nSPS) is 14.5. The summed E-state index contributed by atoms with van der Waals surface area (Å²) in [5, 5.41) is 2.71. The smallest absolute Gasteiger partial charge is 0.238 e. The van der Waals surface area contributed by atoms with Crippen molar-refractivity contribution in [1.29, 1.82) is 0 Å². The molecule has 1 N–H and O–H groups in total. The number of amides is 2. The van der Waals surface area contributed by atoms with Crippen LogP contribution >= 0.6 is 0 Å². The first-order chi connectivity index (χ1) is 14.0. The van der Waals surface area contributed by atoms with Gasteiger partial charge in [0.2, 0.25) is 17.7 Å². The lowest BCUT2D eigenvalue weighted by Gasteiger charge is -2.31. The van der Waals surface area contributed by atoms with Crippen LogP contribution in [0.1, 0.15) is 37.8 Å². The summed E-state index contributed by atoms with van der Waals surface area (Å²) >= 11 is 0. The number of nitrogens with zero attached hydrogens (tertiary/aromatic N) is 3. The lowest BCUT2D eigenvalue weighted by molar-refractivity contribution is -0.133. The number of hydrogen-bond donors (Lipinski definition) is 1. The molecular weight excluding hydrogens is 372 g/mol. The summed E-state index contributed by atoms with van der Waals surface area (Å²) in [7, 11) is 1.60. The molecule has 8 nitrogen and oxygen atoms in total. The van der Waals surface area contributed by atoms with Crippen LogP contribution in [-0.2, 0) is 14.3 Å². The molecule has 2 aromatic rings. The molecule has 2 heterocycles. The summed E-state index contributed by atoms with van der Waals surface area (Å²) in [6, 6.07) is 7.07. The third kappa shape index (κ3) is 5.99. The Morgan fingerprint density at radius 1 is 1.17 bits per heavy atom. The summed E-state index contributed by atoms with van der Waals surface area (Å²) in [6.07, 6.45) is 5.46. The Morgan fingerprint density at radius 2 is 1.90 bits per heavy atom. The van der Waals surface area contributed by atoms with Gasteiger partial charge >= 0.3 is 0 Å². The number of carbonyl (C=O) groups excluding carboxylic acids is 2. The number of likely N-dealkylation sites (tertiary alicyclic amines) is 1. The van der Waals surface area contributed by atoms with Gasteiger partial charge < -0.3 is 19.7 Å². The third-order valence-corrected chi connectivity index (χ3v) is 4.81. The standard InChI is InChI=1S/C21H26N4O4/c1-15(26)23-17-3-5-18(6-4-17)29-20-14-22-13-19(24-20)16-7-10-25(11-8-16)21(27)9-12-28-2/h3-6,13-14,16H,7-12H2,1-2H3,(H,23,26). The van der Waals surface area contributed by atoms with Gasteiger partial charge in [0, 0.05) is 44.9 Å². The summed E-state index contributed by atoms with van der Waals surface area (Å²) in [5.41, 5.74) is 1.58. The molecule has 0 aliphatic carbocycles. The number of benzene rings is 1. The average molecular weight is 398 g/mol. The molecule has 0 unspecified atom stereocenters. The van der Waals surface area contributed by atoms with Gasteiger partial charge in [0.1, 0.15) is 5.75 Å². The Labute approximate surface area is 170 Å². The predicted molar refractivity (Wildman–Crippen MR) is 108 cm³/mol. The van der Waals surface area contributed by atoms with Crippen LogP contribution in [0, 0.1) is 0 Å². The SMILES string of the molecule is COCCC(=O)N1CCC(c2cncc(Oc3ccc(NC(C)=O)cc3)n2)CC1. The highest BCUT2D eigenvalue weighted by Gasteiger charge is 2.25. The van der Waals surface area contributed by atoms with Crippen LogP contribution in [0.4, 0.5) is 5.69 Å². The van der Waals surface area contributed by atoms with Crippen molar-refractivity contribution in [2.24, 2.45) is 0 Å². The van der Waals surface area contributed by atoms with Crippen LogP contribution in [0.3, 0.4) is 0 Å². The van der Waals surface area contributed by atoms with Gasteiger partial charge in [-0.1, -0.05) is 0 Å². The van der Waals surface area contributed by atoms with E-state index >= 15 is 0 Å². The maximum absolute atomic E-state index is 12.1. The number of piperidine rings is 1. The van der Waals surface area contributed by atoms with Gasteiger partial charge in [-0.15, -0.1) is 0 Å². The molecule has 1 aromatic carbocycles. The van der Waals surface area contributed by atoms with Crippen molar-refractivity contribution in [3.8, 4) is 11.6 Å². The van der Waals surface area contributed by atoms with Crippen molar-refractivity contribution in [1.82, 2.24) is 14.9 Å². The topological polar surface area (TPSA) is 93.6 Å². The lowest BCUT2D eigenvalue weighted by atomic mass is 9.93. The molecule has 29 heavy (non-hydrogen) atoms. The average Bonchev–Trinajstić information content (AvgIpc) is 2.73. The minimum atomic E-state index is -0.122. The van der Waals surface area contributed by atoms with Gasteiger partial charge in [-0.3, -0.25) is 14.6 Å². The Morgan fingerprint density at radius 3 is 2.55 bits per heavy atom. The molecule has 1 aliphatic rings. The quantitative estimate of drug-likeness (QED) is 0.771. The summed E-state index contributed by atoms with van der Waals surface area (Å²) < 4.78 is 10.8. The highest BCUT2D eigenvalue weighted by Crippen LogP contribution is 2.29. The minimum Gasteiger partial charge on any atom is -0.437 e. The van der Waals surface area contributed by atoms with Gasteiger partial charge in [0.05, 0.1) is 24.9 Å². The maximum Gasteiger partial charge on any atom is 0.238 e. The molecule has 0 saturated carbocycles. The molecule has 1 saturated heterocycles. The summed E-state index contributed by atoms with van der Waals surface area (Å²) in [4.78, 5) is 34.0. The van der Waals surface area contributed by atoms with Crippen LogP contribution in [-0.4, -0.2) is 53.5 Å². The molecule has 1 aliphatic heterocycles. The fourth-order valence-corrected chi connectivity index (χ4v) is 3.31. The molecule has 1 aromatic heterocycles. The van der Waals surface area contributed by atoms with Gasteiger partial charge in [-0.05, 0) is 37.1 Å². The zero-order valence-electron chi connectivity index (χ0n) is 16.8. The number of ether oxygens (including phenoxy) is 2. The second kappa shape index (κ2) is 9.97. The molecular formula is C21H26N4O4. The molecule has 0 radical (unpaired) electrons. The molecule has 154 valence electrons. The molecule has 8 heteroatoms. The van der Waals surface area contributed by atoms with Crippen molar-refractivity contribution < 1.29 is 19.1 Å². The van der Waals surface area contributed by atoms with E-state index < -0.39 is 0 Å². The lowest BCUT2D eigenvalue weighted by Crippen LogP contribution is -2.38. The molecule has 0 bridgehead atoms. The Kier molecular flexibility index (Phi) is 7.13. The molecule has 0 spiro atoms. The number of aromatic nitrogens is 2. The zero-order chi connectivity index (χ0) is 20.6. The Balaban J connectivity index is 1.57. The van der Waals surface area contributed by atoms with E-state index in [1.54, 1.807) is 43.8 Å². The molecule has 0 atom stereocenters. The number of nitrogens with one attached hydrogen (secondary N) is 1. The maximum atomic E-state index is 12.1. The third-order valence-electron chi connectivity index (χ3n) is 4.81. The highest BCUT2D eigenvalue weighted by molar-refractivity contribution is 5.88. The number of rotatable bonds is 7. The van der Waals surface area contributed by atoms with E-state index in [0.717, 1.165) is 18.5 Å². The van der Waals surface area contributed by atoms with Crippen molar-refractivity contribution in [2.45, 2.75) is 32.1 Å². The van der Waals surface area contributed by atoms with Crippen LogP contribution in [0.15, 0.2) is 36.7 Å². The molecule has 1 fully saturated rings. The van der Waals surface area contributed by atoms with E-state index in [1.165, 1.54) is 6.92 Å². The van der Waals surface area contributed by atoms with Crippen molar-refractivity contribution in [3.63, 3.8) is 0 Å². The highest BCUT2D eigenvalue weighted by atomic mass is 16.5. The predicted octanol–water partition coefficient (Wildman–Crippen LogP) is 2.97. The van der Waals surface area contributed by atoms with E-state index in [-0.39, 0.29) is 17.7 Å². The monoisotopic (exact) mass is 398 g/mol. The van der Waals surface area contributed by atoms with Crippen LogP contribution in [0.5, 0.6) is 11.6 Å². The number of carbonyl (C=O) groups is 2. The first-order valence-corrected chi connectivity index (χ1v) is 9.69. The van der Waals surface area contributed by atoms with E-state index in [4.69, 9.17) is 9.47 Å². The second-order valence-electron chi connectivity index (χ2n) is 6.99. The van der Waals surface area contributed by atoms with Crippen molar-refractivity contribution in [2.75, 3.05) is 32.1 Å². The Bertz CT molecular complexity index is 833. The van der Waals surface area contributed by atoms with Gasteiger partial charge in [-0.25, -0.2) is 4.98 Å². The van der Waals surface area contributed by atoms with Gasteiger partial charge in [0.15, 0.2) is 0 Å². The zero-order valence-corrected chi connectivity index (χ0v) is 16.8. The van der Waals surface area contributed by atoms with Gasteiger partial charge in [0.25, 0.3) is 0 Å². The largest absolute Gasteiger partial charge is 0.437 e. The minimum absolute atomic E-state index is 0.122. The van der Waals surface area contributed by atoms with Crippen molar-refractivity contribution in [3.05, 3.63) is 42.4 Å². The number of methoxy groups -OCH3 is 1. The van der Waals surface area contributed by atoms with Crippen LogP contribution in [0.2, 0.25) is 0 Å². The van der Waals surface area contributed by atoms with E-state index in [2.05, 4.69) is 15.3 Å². The number of hydrogen-bond acceptors (Lipinski definition) is 6. The van der Waals surface area contributed by atoms with E-state index in [9.17, 15) is 9.59 Å². The van der Waals surface area contributed by atoms with E-state index in [0.29, 0.717) is 43.4 Å². The first-order valence-electron chi connectivity index (χ1n) is 9.69. The fraction of sp³-hybridized carbons (Fsp3) is 0.429. The number of anilines is 1. The molecule has 2 amide bonds. The summed E-state index contributed by atoms with van der Waals surface area (Å²) in [5.74, 6) is 1.30. The molecule has 3 rings (SSSR count).